The van der Waals surface area contributed by atoms with E-state index in [9.17, 15) is 14.7 Å². The Balaban J connectivity index is 1.41. The minimum absolute atomic E-state index is 0.106. The third kappa shape index (κ3) is 3.66. The van der Waals surface area contributed by atoms with Crippen LogP contribution in [0, 0.1) is 28.6 Å². The lowest BCUT2D eigenvalue weighted by Gasteiger charge is -2.57. The van der Waals surface area contributed by atoms with E-state index in [1.807, 2.05) is 0 Å². The Morgan fingerprint density at radius 3 is 2.73 bits per heavy atom. The first-order valence-corrected chi connectivity index (χ1v) is 11.3. The quantitative estimate of drug-likeness (QED) is 0.595. The molecule has 30 heavy (non-hydrogen) atoms. The molecule has 0 aromatic rings. The highest BCUT2D eigenvalue weighted by Gasteiger charge is 2.58. The van der Waals surface area contributed by atoms with E-state index in [0.717, 1.165) is 37.8 Å². The van der Waals surface area contributed by atoms with E-state index in [4.69, 9.17) is 9.94 Å². The van der Waals surface area contributed by atoms with Gasteiger partial charge in [-0.2, -0.15) is 0 Å². The highest BCUT2D eigenvalue weighted by molar-refractivity contribution is 5.96. The Kier molecular flexibility index (Phi) is 5.68. The monoisotopic (exact) mass is 418 g/mol. The van der Waals surface area contributed by atoms with Gasteiger partial charge in [0.15, 0.2) is 6.61 Å². The summed E-state index contributed by atoms with van der Waals surface area (Å²) in [6.45, 7) is 4.04. The number of carboxylic acids is 1. The number of nitrogens with zero attached hydrogens (tertiary/aromatic N) is 1. The molecule has 4 aliphatic carbocycles. The van der Waals surface area contributed by atoms with E-state index in [1.54, 1.807) is 0 Å². The number of oxime groups is 1. The molecular weight excluding hydrogens is 384 g/mol. The largest absolute Gasteiger partial charge is 0.480 e. The summed E-state index contributed by atoms with van der Waals surface area (Å²) < 4.78 is 0. The van der Waals surface area contributed by atoms with E-state index >= 15 is 0 Å². The van der Waals surface area contributed by atoms with Crippen molar-refractivity contribution in [1.82, 2.24) is 5.32 Å². The molecular formula is C23H34N2O5. The molecule has 166 valence electrons. The van der Waals surface area contributed by atoms with Gasteiger partial charge in [-0.15, -0.1) is 0 Å². The predicted octanol–water partition coefficient (Wildman–Crippen LogP) is 2.88. The summed E-state index contributed by atoms with van der Waals surface area (Å²) in [5.41, 5.74) is 2.61. The van der Waals surface area contributed by atoms with Crippen LogP contribution in [0.1, 0.15) is 65.2 Å². The van der Waals surface area contributed by atoms with Crippen molar-refractivity contribution in [3.05, 3.63) is 11.6 Å². The smallest absolute Gasteiger partial charge is 0.322 e. The molecule has 0 radical (unpaired) electrons. The lowest BCUT2D eigenvalue weighted by Crippen LogP contribution is -2.51. The molecule has 0 aromatic carbocycles. The highest BCUT2D eigenvalue weighted by Crippen LogP contribution is 2.65. The first-order chi connectivity index (χ1) is 14.2. The number of aliphatic hydroxyl groups excluding tert-OH is 1. The van der Waals surface area contributed by atoms with Gasteiger partial charge < -0.3 is 20.4 Å². The molecule has 1 amide bonds. The summed E-state index contributed by atoms with van der Waals surface area (Å²) in [5, 5.41) is 25.6. The van der Waals surface area contributed by atoms with Crippen LogP contribution in [0.15, 0.2) is 16.8 Å². The van der Waals surface area contributed by atoms with Crippen molar-refractivity contribution in [2.45, 2.75) is 71.3 Å². The normalized spacial score (nSPS) is 41.3. The molecule has 3 N–H and O–H groups in total. The molecule has 4 aliphatic rings. The van der Waals surface area contributed by atoms with Gasteiger partial charge in [-0.1, -0.05) is 24.6 Å². The molecule has 7 nitrogen and oxygen atoms in total. The Morgan fingerprint density at radius 1 is 1.17 bits per heavy atom. The van der Waals surface area contributed by atoms with Crippen LogP contribution in [0.2, 0.25) is 0 Å². The number of nitrogens with one attached hydrogen (secondary N) is 1. The van der Waals surface area contributed by atoms with E-state index in [-0.39, 0.29) is 23.5 Å². The Hall–Kier alpha value is -1.89. The van der Waals surface area contributed by atoms with Gasteiger partial charge in [0.25, 0.3) is 5.91 Å². The predicted molar refractivity (Wildman–Crippen MR) is 112 cm³/mol. The van der Waals surface area contributed by atoms with Crippen molar-refractivity contribution in [2.75, 3.05) is 13.2 Å². The zero-order valence-electron chi connectivity index (χ0n) is 18.0. The SMILES string of the molecule is CC12CC/C(=N\OCC(=O)NCC(=O)O)C=C1CCC1C2CCC2(C)C(O)CCC12. The molecule has 0 bridgehead atoms. The van der Waals surface area contributed by atoms with Gasteiger partial charge in [0, 0.05) is 0 Å². The second kappa shape index (κ2) is 7.98. The summed E-state index contributed by atoms with van der Waals surface area (Å²) in [6, 6.07) is 0. The van der Waals surface area contributed by atoms with Crippen LogP contribution < -0.4 is 5.32 Å². The second-order valence-electron chi connectivity index (χ2n) is 10.2. The van der Waals surface area contributed by atoms with Crippen molar-refractivity contribution in [3.63, 3.8) is 0 Å². The number of hydrogen-bond donors (Lipinski definition) is 3. The summed E-state index contributed by atoms with van der Waals surface area (Å²) in [4.78, 5) is 27.2. The number of fused-ring (bicyclic) bond motifs is 5. The first-order valence-electron chi connectivity index (χ1n) is 11.3. The lowest BCUT2D eigenvalue weighted by atomic mass is 9.47. The maximum Gasteiger partial charge on any atom is 0.322 e. The number of hydrogen-bond acceptors (Lipinski definition) is 5. The number of allylic oxidation sites excluding steroid dienone is 2. The van der Waals surface area contributed by atoms with Gasteiger partial charge in [-0.3, -0.25) is 9.59 Å². The van der Waals surface area contributed by atoms with Gasteiger partial charge in [-0.05, 0) is 86.0 Å². The fourth-order valence-corrected chi connectivity index (χ4v) is 7.01. The van der Waals surface area contributed by atoms with Crippen molar-refractivity contribution < 1.29 is 24.6 Å². The molecule has 6 unspecified atom stereocenters. The average Bonchev–Trinajstić information content (AvgIpc) is 3.01. The number of carbonyl (C=O) groups excluding carboxylic acids is 1. The molecule has 0 saturated heterocycles. The van der Waals surface area contributed by atoms with Crippen molar-refractivity contribution >= 4 is 17.6 Å². The minimum atomic E-state index is -1.09. The molecule has 0 aliphatic heterocycles. The van der Waals surface area contributed by atoms with Crippen molar-refractivity contribution in [1.29, 1.82) is 0 Å². The summed E-state index contributed by atoms with van der Waals surface area (Å²) in [7, 11) is 0. The van der Waals surface area contributed by atoms with Crippen molar-refractivity contribution in [2.24, 2.45) is 33.7 Å². The van der Waals surface area contributed by atoms with Crippen LogP contribution in [0.5, 0.6) is 0 Å². The molecule has 4 rings (SSSR count). The first kappa shape index (κ1) is 21.3. The van der Waals surface area contributed by atoms with Crippen LogP contribution in [0.25, 0.3) is 0 Å². The Morgan fingerprint density at radius 2 is 1.97 bits per heavy atom. The van der Waals surface area contributed by atoms with Crippen LogP contribution in [0.4, 0.5) is 0 Å². The minimum Gasteiger partial charge on any atom is -0.480 e. The number of carboxylic acid groups (broad SMARTS) is 1. The summed E-state index contributed by atoms with van der Waals surface area (Å²) >= 11 is 0. The average molecular weight is 419 g/mol. The molecule has 3 saturated carbocycles. The maximum absolute atomic E-state index is 11.6. The molecule has 7 heteroatoms. The van der Waals surface area contributed by atoms with Gasteiger partial charge >= 0.3 is 5.97 Å². The fourth-order valence-electron chi connectivity index (χ4n) is 7.01. The second-order valence-corrected chi connectivity index (χ2v) is 10.2. The van der Waals surface area contributed by atoms with Crippen LogP contribution in [-0.4, -0.2) is 47.1 Å². The van der Waals surface area contributed by atoms with E-state index in [1.165, 1.54) is 24.8 Å². The number of carbonyl (C=O) groups is 2. The van der Waals surface area contributed by atoms with E-state index in [0.29, 0.717) is 17.8 Å². The van der Waals surface area contributed by atoms with E-state index in [2.05, 4.69) is 30.4 Å². The highest BCUT2D eigenvalue weighted by atomic mass is 16.6. The Labute approximate surface area is 177 Å². The van der Waals surface area contributed by atoms with Crippen LogP contribution >= 0.6 is 0 Å². The maximum atomic E-state index is 11.6. The molecule has 0 aromatic heterocycles. The molecule has 0 spiro atoms. The molecule has 0 heterocycles. The zero-order valence-corrected chi connectivity index (χ0v) is 18.0. The Bertz CT molecular complexity index is 778. The van der Waals surface area contributed by atoms with Crippen molar-refractivity contribution in [3.8, 4) is 0 Å². The van der Waals surface area contributed by atoms with Gasteiger partial charge in [0.1, 0.15) is 6.54 Å². The zero-order chi connectivity index (χ0) is 21.5. The van der Waals surface area contributed by atoms with Gasteiger partial charge in [0.2, 0.25) is 0 Å². The number of aliphatic hydroxyl groups is 1. The number of amides is 1. The third-order valence-electron chi connectivity index (χ3n) is 8.74. The number of rotatable bonds is 5. The topological polar surface area (TPSA) is 108 Å². The van der Waals surface area contributed by atoms with Gasteiger partial charge in [-0.25, -0.2) is 0 Å². The fraction of sp³-hybridized carbons (Fsp3) is 0.783. The lowest BCUT2D eigenvalue weighted by molar-refractivity contribution is -0.138. The van der Waals surface area contributed by atoms with Crippen LogP contribution in [-0.2, 0) is 14.4 Å². The molecule has 6 atom stereocenters. The van der Waals surface area contributed by atoms with E-state index < -0.39 is 18.4 Å². The third-order valence-corrected chi connectivity index (χ3v) is 8.74. The van der Waals surface area contributed by atoms with Crippen LogP contribution in [0.3, 0.4) is 0 Å². The number of aliphatic carboxylic acids is 1. The molecule has 3 fully saturated rings. The van der Waals surface area contributed by atoms with Gasteiger partial charge in [0.05, 0.1) is 11.8 Å². The standard InChI is InChI=1S/C23H34N2O5/c1-22-9-7-15(25-30-13-20(27)24-12-21(28)29)11-14(22)3-4-16-17-5-6-19(26)23(17,2)10-8-18(16)22/h11,16-19,26H,3-10,12-13H2,1-2H3,(H,24,27)(H,28,29)/b25-15+. The summed E-state index contributed by atoms with van der Waals surface area (Å²) in [6.07, 6.45) is 10.6. The summed E-state index contributed by atoms with van der Waals surface area (Å²) in [5.74, 6) is 0.449.